The number of anilines is 1. The van der Waals surface area contributed by atoms with Crippen molar-refractivity contribution in [1.29, 1.82) is 0 Å². The van der Waals surface area contributed by atoms with Gasteiger partial charge in [0.15, 0.2) is 0 Å². The van der Waals surface area contributed by atoms with Crippen LogP contribution >= 0.6 is 0 Å². The minimum atomic E-state index is -1.09. The van der Waals surface area contributed by atoms with Crippen LogP contribution in [0.4, 0.5) is 5.69 Å². The van der Waals surface area contributed by atoms with Crippen molar-refractivity contribution in [3.05, 3.63) is 24.3 Å². The van der Waals surface area contributed by atoms with E-state index in [9.17, 15) is 10.1 Å². The van der Waals surface area contributed by atoms with E-state index in [-0.39, 0.29) is 0 Å². The maximum Gasteiger partial charge on any atom is 0.493 e. The average Bonchev–Trinajstić information content (AvgIpc) is 2.26. The molecule has 18 heavy (non-hydrogen) atoms. The van der Waals surface area contributed by atoms with Crippen molar-refractivity contribution in [2.45, 2.75) is 38.9 Å². The smallest absolute Gasteiger partial charge is 0.423 e. The summed E-state index contributed by atoms with van der Waals surface area (Å²) in [5.41, 5.74) is -0.468. The molecule has 0 saturated carbocycles. The summed E-state index contributed by atoms with van der Waals surface area (Å²) in [4.78, 5) is 0. The Morgan fingerprint density at radius 2 is 1.72 bits per heavy atom. The van der Waals surface area contributed by atoms with E-state index in [4.69, 9.17) is 4.65 Å². The lowest BCUT2D eigenvalue weighted by Crippen LogP contribution is -2.53. The first-order valence-corrected chi connectivity index (χ1v) is 6.04. The Labute approximate surface area is 109 Å². The van der Waals surface area contributed by atoms with Gasteiger partial charge >= 0.3 is 7.12 Å². The number of para-hydroxylation sites is 1. The summed E-state index contributed by atoms with van der Waals surface area (Å²) in [6, 6.07) is 7.36. The molecule has 1 aromatic carbocycles. The van der Waals surface area contributed by atoms with Gasteiger partial charge in [0.1, 0.15) is 0 Å². The number of hydrogen-bond donors (Lipinski definition) is 3. The van der Waals surface area contributed by atoms with Gasteiger partial charge in [0.05, 0.1) is 11.2 Å². The van der Waals surface area contributed by atoms with Crippen LogP contribution in [0.15, 0.2) is 24.3 Å². The molecule has 1 rings (SSSR count). The highest BCUT2D eigenvalue weighted by molar-refractivity contribution is 6.62. The molecule has 0 heterocycles. The van der Waals surface area contributed by atoms with Gasteiger partial charge in [-0.1, -0.05) is 18.2 Å². The summed E-state index contributed by atoms with van der Waals surface area (Å²) in [6.07, 6.45) is 0. The molecule has 4 nitrogen and oxygen atoms in total. The van der Waals surface area contributed by atoms with Crippen molar-refractivity contribution >= 4 is 18.3 Å². The molecule has 0 aromatic heterocycles. The Morgan fingerprint density at radius 1 is 1.17 bits per heavy atom. The zero-order chi connectivity index (χ0) is 14.0. The lowest BCUT2D eigenvalue weighted by atomic mass is 9.75. The first-order chi connectivity index (χ1) is 8.19. The molecule has 0 unspecified atom stereocenters. The quantitative estimate of drug-likeness (QED) is 0.683. The van der Waals surface area contributed by atoms with Gasteiger partial charge in [-0.15, -0.1) is 0 Å². The van der Waals surface area contributed by atoms with Crippen LogP contribution in [0.25, 0.3) is 0 Å². The van der Waals surface area contributed by atoms with Crippen LogP contribution < -0.4 is 10.8 Å². The van der Waals surface area contributed by atoms with Crippen molar-refractivity contribution in [3.63, 3.8) is 0 Å². The normalized spacial score (nSPS) is 12.4. The Bertz CT molecular complexity index is 401. The van der Waals surface area contributed by atoms with E-state index in [1.54, 1.807) is 40.8 Å². The predicted octanol–water partition coefficient (Wildman–Crippen LogP) is 0.982. The van der Waals surface area contributed by atoms with Gasteiger partial charge in [-0.25, -0.2) is 0 Å². The molecule has 0 radical (unpaired) electrons. The first kappa shape index (κ1) is 15.0. The summed E-state index contributed by atoms with van der Waals surface area (Å²) >= 11 is 0. The molecule has 3 N–H and O–H groups in total. The maximum atomic E-state index is 10.2. The minimum absolute atomic E-state index is 0.650. The van der Waals surface area contributed by atoms with Gasteiger partial charge in [0, 0.05) is 18.2 Å². The Hall–Kier alpha value is -1.04. The van der Waals surface area contributed by atoms with Gasteiger partial charge in [0.2, 0.25) is 0 Å². The van der Waals surface area contributed by atoms with E-state index >= 15 is 0 Å². The second-order valence-electron chi connectivity index (χ2n) is 5.38. The highest BCUT2D eigenvalue weighted by atomic mass is 16.5. The molecule has 0 aliphatic heterocycles. The molecule has 0 fully saturated rings. The first-order valence-electron chi connectivity index (χ1n) is 6.04. The maximum absolute atomic E-state index is 10.2. The molecule has 0 aliphatic carbocycles. The lowest BCUT2D eigenvalue weighted by Gasteiger charge is -2.38. The molecule has 0 aliphatic rings. The van der Waals surface area contributed by atoms with E-state index in [2.05, 4.69) is 5.32 Å². The molecule has 100 valence electrons. The molecular weight excluding hydrogens is 229 g/mol. The Balaban J connectivity index is 2.92. The second kappa shape index (κ2) is 5.30. The zero-order valence-corrected chi connectivity index (χ0v) is 11.7. The van der Waals surface area contributed by atoms with Crippen LogP contribution in [0, 0.1) is 0 Å². The standard InChI is InChI=1S/C13H22BNO3/c1-12(2,16)13(3,4)18-14(17)10-8-6-7-9-11(10)15-5/h6-9,15-17H,1-5H3. The third kappa shape index (κ3) is 3.25. The minimum Gasteiger partial charge on any atom is -0.423 e. The van der Waals surface area contributed by atoms with Crippen LogP contribution in [-0.2, 0) is 4.65 Å². The van der Waals surface area contributed by atoms with Gasteiger partial charge in [-0.05, 0) is 33.8 Å². The second-order valence-corrected chi connectivity index (χ2v) is 5.38. The number of hydrogen-bond acceptors (Lipinski definition) is 4. The van der Waals surface area contributed by atoms with Crippen LogP contribution in [0.5, 0.6) is 0 Å². The van der Waals surface area contributed by atoms with E-state index in [0.717, 1.165) is 5.69 Å². The van der Waals surface area contributed by atoms with Gasteiger partial charge in [-0.2, -0.15) is 0 Å². The molecule has 0 spiro atoms. The highest BCUT2D eigenvalue weighted by Gasteiger charge is 2.39. The number of aliphatic hydroxyl groups is 1. The fraction of sp³-hybridized carbons (Fsp3) is 0.538. The molecule has 0 atom stereocenters. The number of rotatable bonds is 5. The fourth-order valence-electron chi connectivity index (χ4n) is 1.43. The van der Waals surface area contributed by atoms with Crippen LogP contribution in [0.2, 0.25) is 0 Å². The lowest BCUT2D eigenvalue weighted by molar-refractivity contribution is -0.0982. The van der Waals surface area contributed by atoms with E-state index in [1.165, 1.54) is 0 Å². The van der Waals surface area contributed by atoms with E-state index in [1.807, 2.05) is 18.2 Å². The van der Waals surface area contributed by atoms with E-state index in [0.29, 0.717) is 5.46 Å². The average molecular weight is 251 g/mol. The number of nitrogens with one attached hydrogen (secondary N) is 1. The SMILES string of the molecule is CNc1ccccc1B(O)OC(C)(C)C(C)(C)O. The number of benzene rings is 1. The van der Waals surface area contributed by atoms with Crippen molar-refractivity contribution in [2.24, 2.45) is 0 Å². The Kier molecular flexibility index (Phi) is 4.43. The van der Waals surface area contributed by atoms with Crippen molar-refractivity contribution in [1.82, 2.24) is 0 Å². The largest absolute Gasteiger partial charge is 0.493 e. The van der Waals surface area contributed by atoms with Gasteiger partial charge in [0.25, 0.3) is 0 Å². The van der Waals surface area contributed by atoms with Crippen molar-refractivity contribution in [3.8, 4) is 0 Å². The topological polar surface area (TPSA) is 61.7 Å². The third-order valence-corrected chi connectivity index (χ3v) is 3.38. The summed E-state index contributed by atoms with van der Waals surface area (Å²) in [7, 11) is 0.697. The zero-order valence-electron chi connectivity index (χ0n) is 11.7. The molecular formula is C13H22BNO3. The highest BCUT2D eigenvalue weighted by Crippen LogP contribution is 2.25. The van der Waals surface area contributed by atoms with Crippen molar-refractivity contribution in [2.75, 3.05) is 12.4 Å². The van der Waals surface area contributed by atoms with Crippen LogP contribution in [0.1, 0.15) is 27.7 Å². The van der Waals surface area contributed by atoms with E-state index < -0.39 is 18.3 Å². The van der Waals surface area contributed by atoms with Crippen LogP contribution in [0.3, 0.4) is 0 Å². The van der Waals surface area contributed by atoms with Crippen LogP contribution in [-0.4, -0.2) is 35.5 Å². The van der Waals surface area contributed by atoms with Gasteiger partial charge in [-0.3, -0.25) is 0 Å². The molecule has 0 saturated heterocycles. The van der Waals surface area contributed by atoms with Gasteiger partial charge < -0.3 is 20.1 Å². The molecule has 5 heteroatoms. The monoisotopic (exact) mass is 251 g/mol. The molecule has 0 bridgehead atoms. The predicted molar refractivity (Wildman–Crippen MR) is 75.1 cm³/mol. The fourth-order valence-corrected chi connectivity index (χ4v) is 1.43. The Morgan fingerprint density at radius 3 is 2.22 bits per heavy atom. The molecule has 1 aromatic rings. The third-order valence-electron chi connectivity index (χ3n) is 3.38. The van der Waals surface area contributed by atoms with Crippen molar-refractivity contribution < 1.29 is 14.8 Å². The summed E-state index contributed by atoms with van der Waals surface area (Å²) in [5, 5.41) is 23.2. The summed E-state index contributed by atoms with van der Waals surface area (Å²) in [5.74, 6) is 0. The summed E-state index contributed by atoms with van der Waals surface area (Å²) in [6.45, 7) is 6.81. The molecule has 0 amide bonds. The summed E-state index contributed by atoms with van der Waals surface area (Å²) < 4.78 is 5.60.